The second-order valence-electron chi connectivity index (χ2n) is 6.52. The Balaban J connectivity index is 1.35. The topological polar surface area (TPSA) is 67.6 Å². The molecule has 3 aliphatic rings. The van der Waals surface area contributed by atoms with E-state index in [4.69, 9.17) is 9.15 Å². The molecule has 4 heterocycles. The molecular formula is C18H21N3O3. The van der Waals surface area contributed by atoms with Crippen molar-refractivity contribution in [2.45, 2.75) is 12.8 Å². The Bertz CT molecular complexity index is 693. The summed E-state index contributed by atoms with van der Waals surface area (Å²) in [5.74, 6) is 2.06. The van der Waals surface area contributed by atoms with Crippen molar-refractivity contribution < 1.29 is 13.9 Å². The molecule has 1 atom stereocenters. The van der Waals surface area contributed by atoms with Crippen molar-refractivity contribution in [3.8, 4) is 11.3 Å². The van der Waals surface area contributed by atoms with Crippen molar-refractivity contribution in [1.82, 2.24) is 9.88 Å². The number of amides is 1. The summed E-state index contributed by atoms with van der Waals surface area (Å²) in [6.45, 7) is 3.88. The molecule has 1 amide bonds. The summed E-state index contributed by atoms with van der Waals surface area (Å²) in [5, 5.41) is 2.69. The van der Waals surface area contributed by atoms with E-state index in [0.717, 1.165) is 12.1 Å². The van der Waals surface area contributed by atoms with E-state index in [1.807, 2.05) is 30.3 Å². The van der Waals surface area contributed by atoms with Gasteiger partial charge in [-0.25, -0.2) is 4.79 Å². The van der Waals surface area contributed by atoms with E-state index in [9.17, 15) is 4.79 Å². The first-order chi connectivity index (χ1) is 11.8. The van der Waals surface area contributed by atoms with Gasteiger partial charge in [-0.3, -0.25) is 5.32 Å². The Morgan fingerprint density at radius 3 is 2.79 bits per heavy atom. The number of fused-ring (bicyclic) bond motifs is 3. The van der Waals surface area contributed by atoms with Gasteiger partial charge < -0.3 is 14.1 Å². The zero-order valence-corrected chi connectivity index (χ0v) is 13.5. The molecule has 2 bridgehead atoms. The molecule has 1 aromatic carbocycles. The van der Waals surface area contributed by atoms with Crippen LogP contribution in [0.4, 0.5) is 10.6 Å². The third-order valence-corrected chi connectivity index (χ3v) is 5.04. The number of benzene rings is 1. The molecule has 1 N–H and O–H groups in total. The quantitative estimate of drug-likeness (QED) is 0.934. The number of carbonyl (C=O) groups excluding carboxylic acids is 1. The number of piperidine rings is 3. The summed E-state index contributed by atoms with van der Waals surface area (Å²) in [5.41, 5.74) is 0.864. The normalized spacial score (nSPS) is 25.4. The number of hydrogen-bond donors (Lipinski definition) is 1. The fraction of sp³-hybridized carbons (Fsp3) is 0.444. The zero-order valence-electron chi connectivity index (χ0n) is 13.5. The second-order valence-corrected chi connectivity index (χ2v) is 6.52. The number of carbonyl (C=O) groups is 1. The predicted molar refractivity (Wildman–Crippen MR) is 89.6 cm³/mol. The third kappa shape index (κ3) is 3.14. The molecule has 0 spiro atoms. The van der Waals surface area contributed by atoms with Crippen molar-refractivity contribution in [2.24, 2.45) is 11.8 Å². The van der Waals surface area contributed by atoms with E-state index >= 15 is 0 Å². The number of nitrogens with one attached hydrogen (secondary N) is 1. The minimum absolute atomic E-state index is 0.389. The third-order valence-electron chi connectivity index (χ3n) is 5.04. The van der Waals surface area contributed by atoms with Crippen LogP contribution >= 0.6 is 0 Å². The van der Waals surface area contributed by atoms with Gasteiger partial charge in [0.15, 0.2) is 18.0 Å². The minimum atomic E-state index is -0.475. The van der Waals surface area contributed by atoms with E-state index in [1.54, 1.807) is 0 Å². The molecule has 2 aromatic rings. The van der Waals surface area contributed by atoms with E-state index in [1.165, 1.54) is 32.3 Å². The van der Waals surface area contributed by atoms with Crippen LogP contribution in [0.1, 0.15) is 12.8 Å². The van der Waals surface area contributed by atoms with E-state index in [2.05, 4.69) is 15.2 Å². The van der Waals surface area contributed by atoms with Crippen LogP contribution in [-0.2, 0) is 4.74 Å². The monoisotopic (exact) mass is 327 g/mol. The van der Waals surface area contributed by atoms with Crippen molar-refractivity contribution >= 4 is 11.9 Å². The standard InChI is InChI=1S/C18H21N3O3/c22-18(23-11-15-10-21-8-6-13(15)7-9-21)20-17-16(24-12-19-17)14-4-2-1-3-5-14/h1-5,12-13,15H,6-11H2,(H,20,22). The van der Waals surface area contributed by atoms with E-state index < -0.39 is 6.09 Å². The fourth-order valence-corrected chi connectivity index (χ4v) is 3.72. The van der Waals surface area contributed by atoms with E-state index in [-0.39, 0.29) is 0 Å². The Morgan fingerprint density at radius 1 is 1.29 bits per heavy atom. The number of oxazole rings is 1. The van der Waals surface area contributed by atoms with Crippen molar-refractivity contribution in [3.63, 3.8) is 0 Å². The lowest BCUT2D eigenvalue weighted by atomic mass is 9.79. The van der Waals surface area contributed by atoms with Crippen LogP contribution in [0.15, 0.2) is 41.1 Å². The summed E-state index contributed by atoms with van der Waals surface area (Å²) in [4.78, 5) is 18.6. The van der Waals surface area contributed by atoms with Crippen molar-refractivity contribution in [2.75, 3.05) is 31.6 Å². The smallest absolute Gasteiger partial charge is 0.412 e. The van der Waals surface area contributed by atoms with Crippen LogP contribution in [0.3, 0.4) is 0 Å². The highest BCUT2D eigenvalue weighted by Crippen LogP contribution is 2.32. The van der Waals surface area contributed by atoms with Crippen LogP contribution in [0.25, 0.3) is 11.3 Å². The van der Waals surface area contributed by atoms with Gasteiger partial charge in [0.25, 0.3) is 0 Å². The lowest BCUT2D eigenvalue weighted by Crippen LogP contribution is -2.49. The van der Waals surface area contributed by atoms with Gasteiger partial charge in [-0.15, -0.1) is 0 Å². The molecule has 3 fully saturated rings. The molecule has 1 unspecified atom stereocenters. The highest BCUT2D eigenvalue weighted by Gasteiger charge is 2.34. The Kier molecular flexibility index (Phi) is 4.21. The molecule has 3 saturated heterocycles. The number of hydrogen-bond acceptors (Lipinski definition) is 5. The molecule has 6 nitrogen and oxygen atoms in total. The van der Waals surface area contributed by atoms with Gasteiger partial charge in [-0.1, -0.05) is 30.3 Å². The Morgan fingerprint density at radius 2 is 2.08 bits per heavy atom. The van der Waals surface area contributed by atoms with Gasteiger partial charge in [-0.05, 0) is 31.8 Å². The predicted octanol–water partition coefficient (Wildman–Crippen LogP) is 3.23. The first kappa shape index (κ1) is 15.2. The van der Waals surface area contributed by atoms with Crippen LogP contribution in [0, 0.1) is 11.8 Å². The molecule has 0 saturated carbocycles. The fourth-order valence-electron chi connectivity index (χ4n) is 3.72. The van der Waals surface area contributed by atoms with Crippen LogP contribution in [-0.4, -0.2) is 42.2 Å². The van der Waals surface area contributed by atoms with Gasteiger partial charge in [0.2, 0.25) is 0 Å². The largest absolute Gasteiger partial charge is 0.449 e. The molecule has 0 aliphatic carbocycles. The molecule has 0 radical (unpaired) electrons. The summed E-state index contributed by atoms with van der Waals surface area (Å²) in [6, 6.07) is 9.56. The molecule has 6 heteroatoms. The van der Waals surface area contributed by atoms with Gasteiger partial charge in [0.1, 0.15) is 0 Å². The summed E-state index contributed by atoms with van der Waals surface area (Å²) in [6.07, 6.45) is 3.29. The molecule has 24 heavy (non-hydrogen) atoms. The number of rotatable bonds is 4. The van der Waals surface area contributed by atoms with Gasteiger partial charge in [-0.2, -0.15) is 4.98 Å². The number of aromatic nitrogens is 1. The maximum atomic E-state index is 12.1. The summed E-state index contributed by atoms with van der Waals surface area (Å²) in [7, 11) is 0. The zero-order chi connectivity index (χ0) is 16.4. The average molecular weight is 327 g/mol. The van der Waals surface area contributed by atoms with E-state index in [0.29, 0.717) is 30.0 Å². The summed E-state index contributed by atoms with van der Waals surface area (Å²) >= 11 is 0. The SMILES string of the molecule is O=C(Nc1ncoc1-c1ccccc1)OCC1CN2CCC1CC2. The second kappa shape index (κ2) is 6.65. The highest BCUT2D eigenvalue weighted by atomic mass is 16.5. The van der Waals surface area contributed by atoms with Gasteiger partial charge in [0, 0.05) is 18.0 Å². The number of nitrogens with zero attached hydrogens (tertiary/aromatic N) is 2. The Hall–Kier alpha value is -2.34. The Labute approximate surface area is 140 Å². The van der Waals surface area contributed by atoms with Crippen LogP contribution in [0.2, 0.25) is 0 Å². The molecule has 5 rings (SSSR count). The van der Waals surface area contributed by atoms with Crippen molar-refractivity contribution in [3.05, 3.63) is 36.7 Å². The number of ether oxygens (including phenoxy) is 1. The minimum Gasteiger partial charge on any atom is -0.449 e. The highest BCUT2D eigenvalue weighted by molar-refractivity contribution is 5.87. The maximum Gasteiger partial charge on any atom is 0.412 e. The number of anilines is 1. The summed E-state index contributed by atoms with van der Waals surface area (Å²) < 4.78 is 10.8. The lowest BCUT2D eigenvalue weighted by Gasteiger charge is -2.44. The van der Waals surface area contributed by atoms with Crippen LogP contribution in [0.5, 0.6) is 0 Å². The van der Waals surface area contributed by atoms with Gasteiger partial charge >= 0.3 is 6.09 Å². The lowest BCUT2D eigenvalue weighted by molar-refractivity contribution is 0.0151. The maximum absolute atomic E-state index is 12.1. The van der Waals surface area contributed by atoms with Gasteiger partial charge in [0.05, 0.1) is 6.61 Å². The molecule has 1 aromatic heterocycles. The molecule has 3 aliphatic heterocycles. The van der Waals surface area contributed by atoms with Crippen LogP contribution < -0.4 is 5.32 Å². The first-order valence-corrected chi connectivity index (χ1v) is 8.44. The molecule has 126 valence electrons. The van der Waals surface area contributed by atoms with Crippen molar-refractivity contribution in [1.29, 1.82) is 0 Å². The first-order valence-electron chi connectivity index (χ1n) is 8.44. The molecular weight excluding hydrogens is 306 g/mol. The average Bonchev–Trinajstić information content (AvgIpc) is 3.10.